The number of hydrogen-bond donors (Lipinski definition) is 1. The molecule has 3 amide bonds. The van der Waals surface area contributed by atoms with E-state index in [4.69, 9.17) is 0 Å². The van der Waals surface area contributed by atoms with E-state index in [1.54, 1.807) is 28.5 Å². The molecule has 8 heteroatoms. The minimum atomic E-state index is -0.904. The predicted octanol–water partition coefficient (Wildman–Crippen LogP) is 3.08. The van der Waals surface area contributed by atoms with E-state index in [-0.39, 0.29) is 24.3 Å². The van der Waals surface area contributed by atoms with Gasteiger partial charge in [-0.3, -0.25) is 14.4 Å². The maximum Gasteiger partial charge on any atom is 0.251 e. The van der Waals surface area contributed by atoms with Crippen LogP contribution in [0.2, 0.25) is 0 Å². The molecule has 6 atom stereocenters. The third-order valence-corrected chi connectivity index (χ3v) is 10.3. The van der Waals surface area contributed by atoms with E-state index in [0.29, 0.717) is 19.6 Å². The van der Waals surface area contributed by atoms with Crippen molar-refractivity contribution >= 4 is 35.2 Å². The summed E-state index contributed by atoms with van der Waals surface area (Å²) in [4.78, 5) is 48.0. The number of nitrogens with zero attached hydrogens (tertiary/aromatic N) is 3. The van der Waals surface area contributed by atoms with E-state index in [0.717, 1.165) is 23.2 Å². The lowest BCUT2D eigenvalue weighted by Crippen LogP contribution is -2.56. The first-order chi connectivity index (χ1) is 17.6. The normalized spacial score (nSPS) is 33.8. The number of carbonyl (C=O) groups is 3. The van der Waals surface area contributed by atoms with Gasteiger partial charge in [0.25, 0.3) is 5.91 Å². The van der Waals surface area contributed by atoms with E-state index in [1.165, 1.54) is 0 Å². The molecular formula is C29H37N3O4S. The molecule has 1 aromatic carbocycles. The highest BCUT2D eigenvalue weighted by atomic mass is 32.2. The highest BCUT2D eigenvalue weighted by molar-refractivity contribution is 8.02. The summed E-state index contributed by atoms with van der Waals surface area (Å²) in [7, 11) is 0. The lowest BCUT2D eigenvalue weighted by atomic mass is 9.74. The number of likely N-dealkylation sites (tertiary alicyclic amines) is 1. The van der Waals surface area contributed by atoms with Gasteiger partial charge in [0.1, 0.15) is 6.04 Å². The molecule has 0 radical (unpaired) electrons. The number of anilines is 1. The molecule has 1 unspecified atom stereocenters. The van der Waals surface area contributed by atoms with Crippen molar-refractivity contribution in [2.24, 2.45) is 11.8 Å². The van der Waals surface area contributed by atoms with Gasteiger partial charge in [0.15, 0.2) is 0 Å². The largest absolute Gasteiger partial charge is 0.394 e. The van der Waals surface area contributed by atoms with Gasteiger partial charge in [-0.25, -0.2) is 0 Å². The molecule has 37 heavy (non-hydrogen) atoms. The molecule has 1 N–H and O–H groups in total. The van der Waals surface area contributed by atoms with E-state index < -0.39 is 33.4 Å². The second kappa shape index (κ2) is 9.31. The number of fused-ring (bicyclic) bond motifs is 2. The molecule has 0 aromatic heterocycles. The van der Waals surface area contributed by atoms with Crippen molar-refractivity contribution in [2.75, 3.05) is 31.1 Å². The molecule has 1 aromatic rings. The molecule has 4 aliphatic rings. The number of benzene rings is 1. The standard InChI is InChI=1S/C29H37N3O4S/c1-6-13-30-14-7-11-28(5)22(25(30)34)23-26(35)32(20(4)17-33)24-27(36)31(15-8-12-29(23,24)37-28)21-16-18(2)9-10-19(21)3/h7-12,16,20,22-24,33H,6,13-15,17H2,1-5H3/t20-,22+,23+,24?,28-,29+/m1/s1. The molecule has 0 bridgehead atoms. The average Bonchev–Trinajstić information content (AvgIpc) is 3.14. The van der Waals surface area contributed by atoms with E-state index in [2.05, 4.69) is 6.08 Å². The van der Waals surface area contributed by atoms with Crippen LogP contribution in [0.1, 0.15) is 38.3 Å². The summed E-state index contributed by atoms with van der Waals surface area (Å²) in [6, 6.07) is 4.67. The molecule has 0 aliphatic carbocycles. The monoisotopic (exact) mass is 523 g/mol. The van der Waals surface area contributed by atoms with Crippen LogP contribution in [0.15, 0.2) is 42.5 Å². The fraction of sp³-hybridized carbons (Fsp3) is 0.552. The van der Waals surface area contributed by atoms with Gasteiger partial charge in [0, 0.05) is 30.1 Å². The zero-order valence-corrected chi connectivity index (χ0v) is 23.1. The number of aliphatic hydroxyl groups is 1. The average molecular weight is 524 g/mol. The SMILES string of the molecule is CCCN1CC=C[C@@]2(C)S[C@]34C=CCN(c5cc(C)ccc5C)C(=O)C3N([C@H](C)CO)C(=O)[C@@H]4[C@H]2C1=O. The highest BCUT2D eigenvalue weighted by Gasteiger charge is 2.74. The summed E-state index contributed by atoms with van der Waals surface area (Å²) in [5, 5.41) is 10.1. The highest BCUT2D eigenvalue weighted by Crippen LogP contribution is 2.65. The summed E-state index contributed by atoms with van der Waals surface area (Å²) in [5.74, 6) is -1.67. The zero-order chi connectivity index (χ0) is 26.7. The van der Waals surface area contributed by atoms with Crippen LogP contribution in [-0.2, 0) is 14.4 Å². The van der Waals surface area contributed by atoms with Crippen molar-refractivity contribution in [1.29, 1.82) is 0 Å². The Kier molecular flexibility index (Phi) is 6.55. The first-order valence-corrected chi connectivity index (χ1v) is 14.1. The Morgan fingerprint density at radius 1 is 1.05 bits per heavy atom. The van der Waals surface area contributed by atoms with Crippen LogP contribution in [0.25, 0.3) is 0 Å². The minimum Gasteiger partial charge on any atom is -0.394 e. The summed E-state index contributed by atoms with van der Waals surface area (Å²) < 4.78 is -1.52. The summed E-state index contributed by atoms with van der Waals surface area (Å²) in [5.41, 5.74) is 2.86. The van der Waals surface area contributed by atoms with E-state index >= 15 is 0 Å². The second-order valence-corrected chi connectivity index (χ2v) is 12.9. The van der Waals surface area contributed by atoms with Crippen molar-refractivity contribution in [2.45, 2.75) is 62.6 Å². The molecule has 2 fully saturated rings. The minimum absolute atomic E-state index is 0.0224. The number of amides is 3. The maximum absolute atomic E-state index is 14.5. The van der Waals surface area contributed by atoms with Gasteiger partial charge >= 0.3 is 0 Å². The Morgan fingerprint density at radius 3 is 2.49 bits per heavy atom. The Bertz CT molecular complexity index is 1200. The molecule has 7 nitrogen and oxygen atoms in total. The predicted molar refractivity (Wildman–Crippen MR) is 146 cm³/mol. The van der Waals surface area contributed by atoms with Crippen LogP contribution in [0, 0.1) is 25.7 Å². The van der Waals surface area contributed by atoms with Crippen LogP contribution in [0.3, 0.4) is 0 Å². The fourth-order valence-electron chi connectivity index (χ4n) is 6.77. The number of hydrogen-bond acceptors (Lipinski definition) is 5. The van der Waals surface area contributed by atoms with E-state index in [1.807, 2.05) is 69.0 Å². The second-order valence-electron chi connectivity index (χ2n) is 11.1. The molecule has 198 valence electrons. The van der Waals surface area contributed by atoms with Crippen molar-refractivity contribution in [3.8, 4) is 0 Å². The lowest BCUT2D eigenvalue weighted by molar-refractivity contribution is -0.145. The quantitative estimate of drug-likeness (QED) is 0.600. The van der Waals surface area contributed by atoms with Crippen LogP contribution in [-0.4, -0.2) is 80.4 Å². The fourth-order valence-corrected chi connectivity index (χ4v) is 8.92. The smallest absolute Gasteiger partial charge is 0.251 e. The van der Waals surface area contributed by atoms with Gasteiger partial charge in [-0.15, -0.1) is 11.8 Å². The van der Waals surface area contributed by atoms with Crippen molar-refractivity contribution in [3.63, 3.8) is 0 Å². The van der Waals surface area contributed by atoms with E-state index in [9.17, 15) is 19.5 Å². The molecule has 0 saturated carbocycles. The summed E-state index contributed by atoms with van der Waals surface area (Å²) >= 11 is 1.58. The number of aryl methyl sites for hydroxylation is 2. The van der Waals surface area contributed by atoms with Crippen molar-refractivity contribution in [3.05, 3.63) is 53.6 Å². The summed E-state index contributed by atoms with van der Waals surface area (Å²) in [6.45, 7) is 11.1. The van der Waals surface area contributed by atoms with Crippen molar-refractivity contribution < 1.29 is 19.5 Å². The molecule has 2 saturated heterocycles. The Morgan fingerprint density at radius 2 is 1.78 bits per heavy atom. The van der Waals surface area contributed by atoms with Gasteiger partial charge < -0.3 is 19.8 Å². The third-order valence-electron chi connectivity index (χ3n) is 8.47. The zero-order valence-electron chi connectivity index (χ0n) is 22.3. The topological polar surface area (TPSA) is 81.2 Å². The maximum atomic E-state index is 14.5. The molecular weight excluding hydrogens is 486 g/mol. The van der Waals surface area contributed by atoms with Gasteiger partial charge in [-0.2, -0.15) is 0 Å². The Labute approximate surface area is 223 Å². The van der Waals surface area contributed by atoms with Gasteiger partial charge in [-0.1, -0.05) is 43.4 Å². The Hall–Kier alpha value is -2.58. The molecule has 5 rings (SSSR count). The van der Waals surface area contributed by atoms with Gasteiger partial charge in [0.2, 0.25) is 11.8 Å². The number of thioether (sulfide) groups is 1. The lowest BCUT2D eigenvalue weighted by Gasteiger charge is -2.39. The first kappa shape index (κ1) is 26.0. The third kappa shape index (κ3) is 3.78. The van der Waals surface area contributed by atoms with Crippen LogP contribution in [0.5, 0.6) is 0 Å². The van der Waals surface area contributed by atoms with Crippen LogP contribution >= 0.6 is 11.8 Å². The van der Waals surface area contributed by atoms with Gasteiger partial charge in [0.05, 0.1) is 29.2 Å². The van der Waals surface area contributed by atoms with Crippen molar-refractivity contribution in [1.82, 2.24) is 9.80 Å². The van der Waals surface area contributed by atoms with Crippen LogP contribution in [0.4, 0.5) is 5.69 Å². The Balaban J connectivity index is 1.67. The number of carbonyl (C=O) groups excluding carboxylic acids is 3. The number of rotatable bonds is 5. The van der Waals surface area contributed by atoms with Gasteiger partial charge in [-0.05, 0) is 51.3 Å². The molecule has 1 spiro atoms. The molecule has 4 aliphatic heterocycles. The summed E-state index contributed by atoms with van der Waals surface area (Å²) in [6.07, 6.45) is 8.98. The first-order valence-electron chi connectivity index (χ1n) is 13.3. The van der Waals surface area contributed by atoms with Crippen LogP contribution < -0.4 is 4.90 Å². The molecule has 4 heterocycles. The number of aliphatic hydroxyl groups excluding tert-OH is 1.